The Hall–Kier alpha value is -1.82. The highest BCUT2D eigenvalue weighted by Gasteiger charge is 2.33. The smallest absolute Gasteiger partial charge is 0.303 e. The molecule has 0 aliphatic rings. The molecule has 16 heavy (non-hydrogen) atoms. The zero-order valence-corrected chi connectivity index (χ0v) is 9.73. The number of esters is 1. The number of hydrogen-bond acceptors (Lipinski definition) is 3. The van der Waals surface area contributed by atoms with Crippen molar-refractivity contribution in [3.63, 3.8) is 0 Å². The highest BCUT2D eigenvalue weighted by Crippen LogP contribution is 2.35. The van der Waals surface area contributed by atoms with Crippen LogP contribution in [0.3, 0.4) is 0 Å². The molecule has 1 rings (SSSR count). The molecule has 0 aromatic heterocycles. The van der Waals surface area contributed by atoms with Gasteiger partial charge in [-0.3, -0.25) is 4.79 Å². The maximum Gasteiger partial charge on any atom is 0.303 e. The first kappa shape index (κ1) is 12.3. The molecule has 84 valence electrons. The maximum absolute atomic E-state index is 11.1. The van der Waals surface area contributed by atoms with Gasteiger partial charge in [0.1, 0.15) is 6.10 Å². The van der Waals surface area contributed by atoms with Crippen LogP contribution in [0.25, 0.3) is 0 Å². The molecule has 0 N–H and O–H groups in total. The van der Waals surface area contributed by atoms with Crippen LogP contribution >= 0.6 is 0 Å². The van der Waals surface area contributed by atoms with Crippen molar-refractivity contribution in [2.45, 2.75) is 26.9 Å². The van der Waals surface area contributed by atoms with E-state index in [-0.39, 0.29) is 5.97 Å². The van der Waals surface area contributed by atoms with Crippen LogP contribution in [0.2, 0.25) is 0 Å². The van der Waals surface area contributed by atoms with E-state index in [2.05, 4.69) is 6.07 Å². The Morgan fingerprint density at radius 1 is 1.38 bits per heavy atom. The highest BCUT2D eigenvalue weighted by atomic mass is 16.5. The standard InChI is InChI=1S/C13H15NO2/c1-10(15)16-12(13(2,3)9-14)11-7-5-4-6-8-11/h4-8,12H,1-3H3. The fourth-order valence-electron chi connectivity index (χ4n) is 1.48. The summed E-state index contributed by atoms with van der Waals surface area (Å²) in [6, 6.07) is 11.5. The summed E-state index contributed by atoms with van der Waals surface area (Å²) in [7, 11) is 0. The number of benzene rings is 1. The van der Waals surface area contributed by atoms with Crippen LogP contribution in [0.4, 0.5) is 0 Å². The van der Waals surface area contributed by atoms with Crippen molar-refractivity contribution in [2.75, 3.05) is 0 Å². The zero-order chi connectivity index (χ0) is 12.2. The molecule has 0 radical (unpaired) electrons. The summed E-state index contributed by atoms with van der Waals surface area (Å²) in [5.41, 5.74) is 0.0942. The molecule has 1 atom stereocenters. The summed E-state index contributed by atoms with van der Waals surface area (Å²) in [5, 5.41) is 9.10. The third-order valence-corrected chi connectivity index (χ3v) is 2.33. The molecule has 3 nitrogen and oxygen atoms in total. The normalized spacial score (nSPS) is 12.6. The monoisotopic (exact) mass is 217 g/mol. The molecule has 0 aliphatic carbocycles. The summed E-state index contributed by atoms with van der Waals surface area (Å²) in [6.07, 6.45) is -0.531. The van der Waals surface area contributed by atoms with Gasteiger partial charge in [0, 0.05) is 6.92 Å². The fraction of sp³-hybridized carbons (Fsp3) is 0.385. The van der Waals surface area contributed by atoms with Gasteiger partial charge >= 0.3 is 5.97 Å². The van der Waals surface area contributed by atoms with Crippen LogP contribution in [0.15, 0.2) is 30.3 Å². The van der Waals surface area contributed by atoms with Gasteiger partial charge in [0.25, 0.3) is 0 Å². The van der Waals surface area contributed by atoms with Gasteiger partial charge in [-0.2, -0.15) is 5.26 Å². The first-order valence-corrected chi connectivity index (χ1v) is 5.11. The molecule has 1 aromatic rings. The average molecular weight is 217 g/mol. The Kier molecular flexibility index (Phi) is 3.68. The minimum atomic E-state index is -0.743. The second kappa shape index (κ2) is 4.80. The SMILES string of the molecule is CC(=O)OC(c1ccccc1)C(C)(C)C#N. The molecule has 1 aromatic carbocycles. The fourth-order valence-corrected chi connectivity index (χ4v) is 1.48. The van der Waals surface area contributed by atoms with E-state index in [0.29, 0.717) is 0 Å². The van der Waals surface area contributed by atoms with Crippen molar-refractivity contribution in [1.29, 1.82) is 5.26 Å². The van der Waals surface area contributed by atoms with Gasteiger partial charge in [-0.15, -0.1) is 0 Å². The molecular formula is C13H15NO2. The van der Waals surface area contributed by atoms with Crippen molar-refractivity contribution in [3.05, 3.63) is 35.9 Å². The van der Waals surface area contributed by atoms with Gasteiger partial charge in [-0.05, 0) is 19.4 Å². The predicted octanol–water partition coefficient (Wildman–Crippen LogP) is 2.84. The van der Waals surface area contributed by atoms with Crippen molar-refractivity contribution >= 4 is 5.97 Å². The number of ether oxygens (including phenoxy) is 1. The minimum absolute atomic E-state index is 0.378. The van der Waals surface area contributed by atoms with Crippen LogP contribution in [0.1, 0.15) is 32.4 Å². The molecule has 0 bridgehead atoms. The first-order valence-electron chi connectivity index (χ1n) is 5.11. The predicted molar refractivity (Wildman–Crippen MR) is 60.3 cm³/mol. The summed E-state index contributed by atoms with van der Waals surface area (Å²) < 4.78 is 5.23. The maximum atomic E-state index is 11.1. The van der Waals surface area contributed by atoms with Crippen molar-refractivity contribution < 1.29 is 9.53 Å². The largest absolute Gasteiger partial charge is 0.456 e. The highest BCUT2D eigenvalue weighted by molar-refractivity contribution is 5.66. The molecule has 3 heteroatoms. The van der Waals surface area contributed by atoms with E-state index in [1.54, 1.807) is 13.8 Å². The summed E-state index contributed by atoms with van der Waals surface area (Å²) >= 11 is 0. The second-order valence-electron chi connectivity index (χ2n) is 4.23. The number of nitriles is 1. The van der Waals surface area contributed by atoms with Gasteiger partial charge in [0.2, 0.25) is 0 Å². The molecule has 1 unspecified atom stereocenters. The lowest BCUT2D eigenvalue weighted by molar-refractivity contribution is -0.151. The number of carbonyl (C=O) groups excluding carboxylic acids is 1. The van der Waals surface area contributed by atoms with E-state index in [9.17, 15) is 4.79 Å². The van der Waals surface area contributed by atoms with Crippen molar-refractivity contribution in [2.24, 2.45) is 5.41 Å². The average Bonchev–Trinajstić information content (AvgIpc) is 2.27. The van der Waals surface area contributed by atoms with E-state index in [1.165, 1.54) is 6.92 Å². The van der Waals surface area contributed by atoms with Crippen LogP contribution in [0.5, 0.6) is 0 Å². The Balaban J connectivity index is 3.07. The lowest BCUT2D eigenvalue weighted by atomic mass is 9.84. The molecule has 0 spiro atoms. The first-order chi connectivity index (χ1) is 7.47. The topological polar surface area (TPSA) is 50.1 Å². The molecule has 0 saturated heterocycles. The molecule has 0 saturated carbocycles. The molecule has 0 aliphatic heterocycles. The Morgan fingerprint density at radius 2 is 1.94 bits per heavy atom. The van der Waals surface area contributed by atoms with Crippen molar-refractivity contribution in [3.8, 4) is 6.07 Å². The Morgan fingerprint density at radius 3 is 2.38 bits per heavy atom. The van der Waals surface area contributed by atoms with Crippen LogP contribution < -0.4 is 0 Å². The molecule has 0 amide bonds. The molecule has 0 heterocycles. The van der Waals surface area contributed by atoms with E-state index < -0.39 is 11.5 Å². The van der Waals surface area contributed by atoms with Gasteiger partial charge < -0.3 is 4.74 Å². The number of hydrogen-bond donors (Lipinski definition) is 0. The number of nitrogens with zero attached hydrogens (tertiary/aromatic N) is 1. The van der Waals surface area contributed by atoms with Crippen molar-refractivity contribution in [1.82, 2.24) is 0 Å². The number of rotatable bonds is 3. The zero-order valence-electron chi connectivity index (χ0n) is 9.73. The lowest BCUT2D eigenvalue weighted by Gasteiger charge is -2.27. The van der Waals surface area contributed by atoms with Crippen LogP contribution in [-0.2, 0) is 9.53 Å². The third-order valence-electron chi connectivity index (χ3n) is 2.33. The summed E-state index contributed by atoms with van der Waals surface area (Å²) in [5.74, 6) is -0.378. The van der Waals surface area contributed by atoms with Crippen LogP contribution in [-0.4, -0.2) is 5.97 Å². The van der Waals surface area contributed by atoms with Gasteiger partial charge in [0.15, 0.2) is 0 Å². The van der Waals surface area contributed by atoms with E-state index in [1.807, 2.05) is 30.3 Å². The van der Waals surface area contributed by atoms with E-state index >= 15 is 0 Å². The molecule has 0 fully saturated rings. The Labute approximate surface area is 95.7 Å². The Bertz CT molecular complexity index is 404. The number of carbonyl (C=O) groups is 1. The third kappa shape index (κ3) is 2.83. The van der Waals surface area contributed by atoms with Gasteiger partial charge in [0.05, 0.1) is 11.5 Å². The van der Waals surface area contributed by atoms with Gasteiger partial charge in [-0.25, -0.2) is 0 Å². The van der Waals surface area contributed by atoms with E-state index in [4.69, 9.17) is 10.00 Å². The van der Waals surface area contributed by atoms with E-state index in [0.717, 1.165) is 5.56 Å². The minimum Gasteiger partial charge on any atom is -0.456 e. The lowest BCUT2D eigenvalue weighted by Crippen LogP contribution is -2.24. The summed E-state index contributed by atoms with van der Waals surface area (Å²) in [4.78, 5) is 11.1. The summed E-state index contributed by atoms with van der Waals surface area (Å²) in [6.45, 7) is 4.87. The van der Waals surface area contributed by atoms with Crippen LogP contribution in [0, 0.1) is 16.7 Å². The van der Waals surface area contributed by atoms with Gasteiger partial charge in [-0.1, -0.05) is 30.3 Å². The molecular weight excluding hydrogens is 202 g/mol. The second-order valence-corrected chi connectivity index (χ2v) is 4.23. The quantitative estimate of drug-likeness (QED) is 0.731.